The van der Waals surface area contributed by atoms with Gasteiger partial charge in [-0.2, -0.15) is 0 Å². The summed E-state index contributed by atoms with van der Waals surface area (Å²) in [5.41, 5.74) is 2.66. The van der Waals surface area contributed by atoms with E-state index >= 15 is 0 Å². The summed E-state index contributed by atoms with van der Waals surface area (Å²) in [7, 11) is 2.96. The largest absolute Gasteiger partial charge is 0.495 e. The minimum Gasteiger partial charge on any atom is -0.495 e. The first-order valence-electron chi connectivity index (χ1n) is 12.6. The molecule has 4 rings (SSSR count). The number of carbonyl (C=O) groups is 1. The molecule has 2 heterocycles. The number of nitrogens with one attached hydrogen (secondary N) is 1. The van der Waals surface area contributed by atoms with Gasteiger partial charge in [-0.3, -0.25) is 15.0 Å². The molecule has 0 amide bonds. The number of esters is 1. The second kappa shape index (κ2) is 12.0. The van der Waals surface area contributed by atoms with Gasteiger partial charge in [-0.1, -0.05) is 30.3 Å². The molecule has 202 valence electrons. The Labute approximate surface area is 222 Å². The third-order valence-corrected chi connectivity index (χ3v) is 7.02. The van der Waals surface area contributed by atoms with Gasteiger partial charge in [0.2, 0.25) is 0 Å². The summed E-state index contributed by atoms with van der Waals surface area (Å²) in [6, 6.07) is 15.2. The van der Waals surface area contributed by atoms with E-state index in [1.54, 1.807) is 39.2 Å². The van der Waals surface area contributed by atoms with Crippen LogP contribution >= 0.6 is 0 Å². The zero-order valence-electron chi connectivity index (χ0n) is 22.2. The zero-order chi connectivity index (χ0) is 27.2. The summed E-state index contributed by atoms with van der Waals surface area (Å²) in [6.45, 7) is 7.95. The van der Waals surface area contributed by atoms with E-state index in [9.17, 15) is 14.9 Å². The number of hydrogen-bond acceptors (Lipinski definition) is 9. The molecule has 1 N–H and O–H groups in total. The zero-order valence-corrected chi connectivity index (χ0v) is 22.2. The summed E-state index contributed by atoms with van der Waals surface area (Å²) in [6.07, 6.45) is 0. The third-order valence-electron chi connectivity index (χ3n) is 7.02. The molecule has 38 heavy (non-hydrogen) atoms. The number of ether oxygens (including phenoxy) is 3. The van der Waals surface area contributed by atoms with Gasteiger partial charge in [-0.25, -0.2) is 4.79 Å². The van der Waals surface area contributed by atoms with Crippen molar-refractivity contribution in [2.45, 2.75) is 19.8 Å². The molecule has 0 spiro atoms. The maximum absolute atomic E-state index is 12.7. The van der Waals surface area contributed by atoms with E-state index in [1.165, 1.54) is 7.11 Å². The van der Waals surface area contributed by atoms with Crippen LogP contribution in [0.5, 0.6) is 11.5 Å². The second-order valence-electron chi connectivity index (χ2n) is 9.24. The SMILES string of the molecule is COC(=O)C1=C(C)NC(C)=C([N+](=O)[O-])C1c1ccccc1OCCN1CCN(c2ccccc2OC)CC1. The highest BCUT2D eigenvalue weighted by Gasteiger charge is 2.42. The van der Waals surface area contributed by atoms with Gasteiger partial charge < -0.3 is 24.4 Å². The molecule has 2 aromatic carbocycles. The van der Waals surface area contributed by atoms with Crippen molar-refractivity contribution in [2.24, 2.45) is 0 Å². The smallest absolute Gasteiger partial charge is 0.336 e. The van der Waals surface area contributed by atoms with Gasteiger partial charge in [0.1, 0.15) is 24.0 Å². The predicted octanol–water partition coefficient (Wildman–Crippen LogP) is 3.54. The quantitative estimate of drug-likeness (QED) is 0.301. The predicted molar refractivity (Wildman–Crippen MR) is 144 cm³/mol. The highest BCUT2D eigenvalue weighted by Crippen LogP contribution is 2.42. The lowest BCUT2D eigenvalue weighted by Gasteiger charge is -2.36. The summed E-state index contributed by atoms with van der Waals surface area (Å²) >= 11 is 0. The Balaban J connectivity index is 1.46. The highest BCUT2D eigenvalue weighted by molar-refractivity contribution is 5.92. The fraction of sp³-hybridized carbons (Fsp3) is 0.393. The Hall–Kier alpha value is -4.05. The number of methoxy groups -OCH3 is 2. The molecule has 0 radical (unpaired) electrons. The third kappa shape index (κ3) is 5.60. The number of benzene rings is 2. The molecule has 0 aliphatic carbocycles. The summed E-state index contributed by atoms with van der Waals surface area (Å²) in [5.74, 6) is -0.157. The van der Waals surface area contributed by atoms with Gasteiger partial charge in [0, 0.05) is 44.0 Å². The monoisotopic (exact) mass is 522 g/mol. The van der Waals surface area contributed by atoms with Crippen LogP contribution in [-0.2, 0) is 9.53 Å². The Morgan fingerprint density at radius 3 is 2.32 bits per heavy atom. The lowest BCUT2D eigenvalue weighted by atomic mass is 9.83. The van der Waals surface area contributed by atoms with Crippen LogP contribution in [0.3, 0.4) is 0 Å². The second-order valence-corrected chi connectivity index (χ2v) is 9.24. The van der Waals surface area contributed by atoms with E-state index in [-0.39, 0.29) is 11.3 Å². The maximum atomic E-state index is 12.7. The van der Waals surface area contributed by atoms with E-state index in [0.717, 1.165) is 37.6 Å². The fourth-order valence-electron chi connectivity index (χ4n) is 5.15. The molecule has 10 nitrogen and oxygen atoms in total. The molecule has 10 heteroatoms. The molecule has 1 unspecified atom stereocenters. The molecule has 1 atom stereocenters. The number of rotatable bonds is 9. The topological polar surface area (TPSA) is 106 Å². The van der Waals surface area contributed by atoms with Crippen LogP contribution in [-0.4, -0.2) is 69.3 Å². The number of para-hydroxylation sites is 3. The minimum atomic E-state index is -0.917. The van der Waals surface area contributed by atoms with Gasteiger partial charge >= 0.3 is 5.97 Å². The molecule has 2 aliphatic heterocycles. The van der Waals surface area contributed by atoms with Gasteiger partial charge in [0.25, 0.3) is 5.70 Å². The fourth-order valence-corrected chi connectivity index (χ4v) is 5.15. The van der Waals surface area contributed by atoms with Crippen LogP contribution in [0.15, 0.2) is 71.2 Å². The van der Waals surface area contributed by atoms with E-state index in [1.807, 2.05) is 24.3 Å². The van der Waals surface area contributed by atoms with Gasteiger partial charge in [0.05, 0.1) is 36.1 Å². The molecular formula is C28H34N4O6. The minimum absolute atomic E-state index is 0.0977. The van der Waals surface area contributed by atoms with Gasteiger partial charge in [-0.15, -0.1) is 0 Å². The standard InChI is InChI=1S/C28H34N4O6/c1-19-25(28(33)37-4)26(27(32(34)35)20(2)29-19)21-9-5-7-11-23(21)38-18-17-30-13-15-31(16-14-30)22-10-6-8-12-24(22)36-3/h5-12,26,29H,13-18H2,1-4H3. The number of nitro groups is 1. The lowest BCUT2D eigenvalue weighted by Crippen LogP contribution is -2.47. The number of piperazine rings is 1. The highest BCUT2D eigenvalue weighted by atomic mass is 16.6. The van der Waals surface area contributed by atoms with Crippen molar-refractivity contribution in [1.29, 1.82) is 0 Å². The molecule has 0 aromatic heterocycles. The van der Waals surface area contributed by atoms with Crippen molar-refractivity contribution in [3.63, 3.8) is 0 Å². The molecule has 2 aromatic rings. The Morgan fingerprint density at radius 2 is 1.66 bits per heavy atom. The average Bonchev–Trinajstić information content (AvgIpc) is 2.92. The molecular weight excluding hydrogens is 488 g/mol. The summed E-state index contributed by atoms with van der Waals surface area (Å²) in [5, 5.41) is 15.0. The van der Waals surface area contributed by atoms with E-state index < -0.39 is 16.8 Å². The van der Waals surface area contributed by atoms with Crippen LogP contribution in [0, 0.1) is 10.1 Å². The van der Waals surface area contributed by atoms with Crippen molar-refractivity contribution in [2.75, 3.05) is 58.5 Å². The Kier molecular flexibility index (Phi) is 8.52. The number of hydrogen-bond donors (Lipinski definition) is 1. The van der Waals surface area contributed by atoms with Gasteiger partial charge in [0.15, 0.2) is 0 Å². The number of allylic oxidation sites excluding steroid dienone is 3. The normalized spacial score (nSPS) is 18.2. The van der Waals surface area contributed by atoms with E-state index in [0.29, 0.717) is 35.9 Å². The average molecular weight is 523 g/mol. The summed E-state index contributed by atoms with van der Waals surface area (Å²) in [4.78, 5) is 29.0. The number of anilines is 1. The maximum Gasteiger partial charge on any atom is 0.336 e. The Morgan fingerprint density at radius 1 is 1.00 bits per heavy atom. The first-order chi connectivity index (χ1) is 18.3. The lowest BCUT2D eigenvalue weighted by molar-refractivity contribution is -0.431. The number of nitrogens with zero attached hydrogens (tertiary/aromatic N) is 3. The van der Waals surface area contributed by atoms with Gasteiger partial charge in [-0.05, 0) is 32.0 Å². The van der Waals surface area contributed by atoms with Crippen LogP contribution in [0.2, 0.25) is 0 Å². The van der Waals surface area contributed by atoms with Crippen molar-refractivity contribution in [1.82, 2.24) is 10.2 Å². The first kappa shape index (κ1) is 27.0. The van der Waals surface area contributed by atoms with Crippen LogP contribution in [0.1, 0.15) is 25.3 Å². The van der Waals surface area contributed by atoms with E-state index in [4.69, 9.17) is 14.2 Å². The van der Waals surface area contributed by atoms with Crippen molar-refractivity contribution < 1.29 is 23.9 Å². The number of carbonyl (C=O) groups excluding carboxylic acids is 1. The molecule has 0 saturated carbocycles. The van der Waals surface area contributed by atoms with Crippen LogP contribution in [0.4, 0.5) is 5.69 Å². The van der Waals surface area contributed by atoms with E-state index in [2.05, 4.69) is 21.2 Å². The molecule has 1 saturated heterocycles. The van der Waals surface area contributed by atoms with Crippen molar-refractivity contribution in [3.05, 3.63) is 86.9 Å². The van der Waals surface area contributed by atoms with Crippen molar-refractivity contribution >= 4 is 11.7 Å². The first-order valence-corrected chi connectivity index (χ1v) is 12.6. The van der Waals surface area contributed by atoms with Crippen LogP contribution < -0.4 is 19.7 Å². The number of dihydropyridines is 1. The van der Waals surface area contributed by atoms with Crippen molar-refractivity contribution in [3.8, 4) is 11.5 Å². The molecule has 1 fully saturated rings. The van der Waals surface area contributed by atoms with Crippen LogP contribution in [0.25, 0.3) is 0 Å². The molecule has 2 aliphatic rings. The summed E-state index contributed by atoms with van der Waals surface area (Å²) < 4.78 is 16.7. The Bertz CT molecular complexity index is 1250. The molecule has 0 bridgehead atoms.